The van der Waals surface area contributed by atoms with Crippen LogP contribution >= 0.6 is 0 Å². The Hall–Kier alpha value is -1.77. The number of nitrogens with one attached hydrogen (secondary N) is 1. The molecule has 1 fully saturated rings. The summed E-state index contributed by atoms with van der Waals surface area (Å²) in [5.74, 6) is 3.33. The van der Waals surface area contributed by atoms with Crippen molar-refractivity contribution in [1.29, 1.82) is 0 Å². The van der Waals surface area contributed by atoms with E-state index in [0.29, 0.717) is 25.1 Å². The van der Waals surface area contributed by atoms with Gasteiger partial charge in [-0.3, -0.25) is 4.90 Å². The van der Waals surface area contributed by atoms with E-state index in [4.69, 9.17) is 15.9 Å². The van der Waals surface area contributed by atoms with Crippen molar-refractivity contribution in [2.24, 2.45) is 0 Å². The topological polar surface area (TPSA) is 46.6 Å². The van der Waals surface area contributed by atoms with Crippen LogP contribution in [0.4, 0.5) is 5.69 Å². The fourth-order valence-corrected chi connectivity index (χ4v) is 2.38. The maximum atomic E-state index is 5.44. The number of hydrogen-bond donors (Lipinski definition) is 1. The molecule has 1 N–H and O–H groups in total. The van der Waals surface area contributed by atoms with E-state index in [-0.39, 0.29) is 0 Å². The van der Waals surface area contributed by atoms with E-state index in [1.54, 1.807) is 7.11 Å². The van der Waals surface area contributed by atoms with Crippen molar-refractivity contribution in [3.8, 4) is 18.2 Å². The number of terminal acetylenes is 1. The molecule has 2 rings (SSSR count). The van der Waals surface area contributed by atoms with Crippen molar-refractivity contribution in [3.63, 3.8) is 0 Å². The zero-order valence-electron chi connectivity index (χ0n) is 12.5. The van der Waals surface area contributed by atoms with Gasteiger partial charge in [-0.1, -0.05) is 5.92 Å². The molecule has 0 amide bonds. The van der Waals surface area contributed by atoms with Crippen LogP contribution in [0, 0.1) is 12.3 Å². The molecule has 1 aliphatic heterocycles. The molecule has 0 bridgehead atoms. The average molecular weight is 289 g/mol. The van der Waals surface area contributed by atoms with Gasteiger partial charge in [-0.05, 0) is 18.9 Å². The number of ether oxygens (including phenoxy) is 2. The SMILES string of the molecule is C#CCN1CCC(Nc2ccc(OCCOC)nc2)CC1. The molecule has 5 nitrogen and oxygen atoms in total. The lowest BCUT2D eigenvalue weighted by Gasteiger charge is -2.31. The second kappa shape index (κ2) is 8.50. The normalized spacial score (nSPS) is 16.4. The molecular weight excluding hydrogens is 266 g/mol. The van der Waals surface area contributed by atoms with Gasteiger partial charge in [-0.25, -0.2) is 4.98 Å². The van der Waals surface area contributed by atoms with Crippen LogP contribution in [0.5, 0.6) is 5.88 Å². The Kier molecular flexibility index (Phi) is 6.32. The van der Waals surface area contributed by atoms with E-state index in [1.165, 1.54) is 0 Å². The molecular formula is C16H23N3O2. The molecule has 2 heterocycles. The molecule has 0 aromatic carbocycles. The third kappa shape index (κ3) is 5.25. The van der Waals surface area contributed by atoms with Crippen molar-refractivity contribution in [1.82, 2.24) is 9.88 Å². The van der Waals surface area contributed by atoms with E-state index >= 15 is 0 Å². The van der Waals surface area contributed by atoms with Crippen molar-refractivity contribution in [2.75, 3.05) is 45.3 Å². The fraction of sp³-hybridized carbons (Fsp3) is 0.562. The van der Waals surface area contributed by atoms with Gasteiger partial charge in [-0.15, -0.1) is 6.42 Å². The minimum absolute atomic E-state index is 0.487. The maximum Gasteiger partial charge on any atom is 0.213 e. The first-order chi connectivity index (χ1) is 10.3. The summed E-state index contributed by atoms with van der Waals surface area (Å²) < 4.78 is 10.4. The Labute approximate surface area is 126 Å². The predicted octanol–water partition coefficient (Wildman–Crippen LogP) is 1.62. The Morgan fingerprint density at radius 3 is 2.81 bits per heavy atom. The van der Waals surface area contributed by atoms with Gasteiger partial charge in [-0.2, -0.15) is 0 Å². The summed E-state index contributed by atoms with van der Waals surface area (Å²) in [4.78, 5) is 6.59. The molecule has 0 atom stereocenters. The molecule has 0 aliphatic carbocycles. The van der Waals surface area contributed by atoms with Crippen LogP contribution in [0.1, 0.15) is 12.8 Å². The highest BCUT2D eigenvalue weighted by molar-refractivity contribution is 5.43. The Bertz CT molecular complexity index is 448. The lowest BCUT2D eigenvalue weighted by molar-refractivity contribution is 0.144. The molecule has 1 aromatic heterocycles. The number of pyridine rings is 1. The second-order valence-corrected chi connectivity index (χ2v) is 5.13. The van der Waals surface area contributed by atoms with Gasteiger partial charge in [0, 0.05) is 32.3 Å². The lowest BCUT2D eigenvalue weighted by atomic mass is 10.0. The highest BCUT2D eigenvalue weighted by Crippen LogP contribution is 2.17. The molecule has 114 valence electrons. The maximum absolute atomic E-state index is 5.44. The number of anilines is 1. The van der Waals surface area contributed by atoms with Crippen molar-refractivity contribution >= 4 is 5.69 Å². The Morgan fingerprint density at radius 1 is 1.38 bits per heavy atom. The largest absolute Gasteiger partial charge is 0.475 e. The van der Waals surface area contributed by atoms with Crippen LogP contribution in [0.15, 0.2) is 18.3 Å². The number of nitrogens with zero attached hydrogens (tertiary/aromatic N) is 2. The Balaban J connectivity index is 1.75. The predicted molar refractivity (Wildman–Crippen MR) is 83.5 cm³/mol. The van der Waals surface area contributed by atoms with Crippen LogP contribution < -0.4 is 10.1 Å². The Morgan fingerprint density at radius 2 is 2.19 bits per heavy atom. The van der Waals surface area contributed by atoms with Gasteiger partial charge >= 0.3 is 0 Å². The first-order valence-electron chi connectivity index (χ1n) is 7.32. The summed E-state index contributed by atoms with van der Waals surface area (Å²) in [6.45, 7) is 3.94. The summed E-state index contributed by atoms with van der Waals surface area (Å²) in [7, 11) is 1.65. The third-order valence-electron chi connectivity index (χ3n) is 3.55. The molecule has 1 saturated heterocycles. The number of likely N-dealkylation sites (tertiary alicyclic amines) is 1. The highest BCUT2D eigenvalue weighted by atomic mass is 16.5. The third-order valence-corrected chi connectivity index (χ3v) is 3.55. The standard InChI is InChI=1S/C16H23N3O2/c1-3-8-19-9-6-14(7-10-19)18-15-4-5-16(17-13-15)21-12-11-20-2/h1,4-5,13-14,18H,6-12H2,2H3. The van der Waals surface area contributed by atoms with E-state index in [1.807, 2.05) is 18.3 Å². The van der Waals surface area contributed by atoms with Gasteiger partial charge in [0.05, 0.1) is 25.0 Å². The molecule has 1 aromatic rings. The molecule has 0 saturated carbocycles. The minimum Gasteiger partial charge on any atom is -0.475 e. The quantitative estimate of drug-likeness (QED) is 0.610. The van der Waals surface area contributed by atoms with Crippen LogP contribution in [-0.2, 0) is 4.74 Å². The number of hydrogen-bond acceptors (Lipinski definition) is 5. The summed E-state index contributed by atoms with van der Waals surface area (Å²) >= 11 is 0. The molecule has 5 heteroatoms. The lowest BCUT2D eigenvalue weighted by Crippen LogP contribution is -2.39. The molecule has 21 heavy (non-hydrogen) atoms. The van der Waals surface area contributed by atoms with E-state index in [9.17, 15) is 0 Å². The second-order valence-electron chi connectivity index (χ2n) is 5.13. The van der Waals surface area contributed by atoms with Crippen LogP contribution in [0.25, 0.3) is 0 Å². The zero-order chi connectivity index (χ0) is 14.9. The summed E-state index contributed by atoms with van der Waals surface area (Å²) in [6.07, 6.45) is 9.37. The number of rotatable bonds is 7. The first-order valence-corrected chi connectivity index (χ1v) is 7.32. The van der Waals surface area contributed by atoms with Crippen molar-refractivity contribution in [2.45, 2.75) is 18.9 Å². The van der Waals surface area contributed by atoms with Crippen molar-refractivity contribution < 1.29 is 9.47 Å². The fourth-order valence-electron chi connectivity index (χ4n) is 2.38. The molecule has 0 spiro atoms. The minimum atomic E-state index is 0.487. The van der Waals surface area contributed by atoms with Crippen LogP contribution in [0.2, 0.25) is 0 Å². The van der Waals surface area contributed by atoms with Gasteiger partial charge in [0.15, 0.2) is 0 Å². The van der Waals surface area contributed by atoms with Gasteiger partial charge in [0.2, 0.25) is 5.88 Å². The molecule has 1 aliphatic rings. The first kappa shape index (κ1) is 15.6. The number of aromatic nitrogens is 1. The van der Waals surface area contributed by atoms with E-state index in [0.717, 1.165) is 38.2 Å². The monoisotopic (exact) mass is 289 g/mol. The highest BCUT2D eigenvalue weighted by Gasteiger charge is 2.18. The zero-order valence-corrected chi connectivity index (χ0v) is 12.5. The van der Waals surface area contributed by atoms with Crippen LogP contribution in [0.3, 0.4) is 0 Å². The van der Waals surface area contributed by atoms with Crippen LogP contribution in [-0.4, -0.2) is 55.9 Å². The van der Waals surface area contributed by atoms with Crippen molar-refractivity contribution in [3.05, 3.63) is 18.3 Å². The van der Waals surface area contributed by atoms with Gasteiger partial charge in [0.25, 0.3) is 0 Å². The summed E-state index contributed by atoms with van der Waals surface area (Å²) in [6, 6.07) is 4.37. The average Bonchev–Trinajstić information content (AvgIpc) is 2.51. The molecule has 0 unspecified atom stereocenters. The van der Waals surface area contributed by atoms with Gasteiger partial charge in [0.1, 0.15) is 6.61 Å². The van der Waals surface area contributed by atoms with Gasteiger partial charge < -0.3 is 14.8 Å². The molecule has 0 radical (unpaired) electrons. The summed E-state index contributed by atoms with van der Waals surface area (Å²) in [5.41, 5.74) is 1.03. The number of piperidine rings is 1. The summed E-state index contributed by atoms with van der Waals surface area (Å²) in [5, 5.41) is 3.52. The smallest absolute Gasteiger partial charge is 0.213 e. The number of methoxy groups -OCH3 is 1. The van der Waals surface area contributed by atoms with E-state index < -0.39 is 0 Å². The van der Waals surface area contributed by atoms with E-state index in [2.05, 4.69) is 21.1 Å².